The molecule has 2 aromatic rings. The van der Waals surface area contributed by atoms with Gasteiger partial charge in [-0.05, 0) is 46.4 Å². The Morgan fingerprint density at radius 1 is 1.24 bits per heavy atom. The molecule has 88 valence electrons. The molecule has 0 fully saturated rings. The minimum Gasteiger partial charge on any atom is -0.388 e. The van der Waals surface area contributed by atoms with Gasteiger partial charge in [-0.15, -0.1) is 0 Å². The summed E-state index contributed by atoms with van der Waals surface area (Å²) >= 11 is 8.24. The fraction of sp³-hybridized carbons (Fsp3) is 0.154. The predicted octanol–water partition coefficient (Wildman–Crippen LogP) is 3.62. The molecule has 0 aliphatic heterocycles. The largest absolute Gasteiger partial charge is 0.388 e. The lowest BCUT2D eigenvalue weighted by Crippen LogP contribution is -2.02. The summed E-state index contributed by atoms with van der Waals surface area (Å²) in [6.07, 6.45) is 3.15. The van der Waals surface area contributed by atoms with Crippen molar-refractivity contribution in [3.05, 3.63) is 62.4 Å². The second-order valence-electron chi connectivity index (χ2n) is 3.74. The molecule has 1 aromatic carbocycles. The molecule has 1 atom stereocenters. The lowest BCUT2D eigenvalue weighted by atomic mass is 10.0. The normalized spacial score (nSPS) is 12.4. The molecule has 0 aliphatic carbocycles. The van der Waals surface area contributed by atoms with Crippen LogP contribution in [0.3, 0.4) is 0 Å². The van der Waals surface area contributed by atoms with Crippen LogP contribution >= 0.6 is 34.2 Å². The minimum atomic E-state index is -0.592. The van der Waals surface area contributed by atoms with Crippen LogP contribution in [0.15, 0.2) is 42.7 Å². The van der Waals surface area contributed by atoms with Crippen molar-refractivity contribution in [2.75, 3.05) is 0 Å². The molecule has 1 aromatic heterocycles. The monoisotopic (exact) mass is 359 g/mol. The molecular weight excluding hydrogens is 349 g/mol. The summed E-state index contributed by atoms with van der Waals surface area (Å²) in [5.74, 6) is 0. The highest BCUT2D eigenvalue weighted by molar-refractivity contribution is 14.1. The molecule has 1 N–H and O–H groups in total. The molecule has 2 nitrogen and oxygen atoms in total. The summed E-state index contributed by atoms with van der Waals surface area (Å²) in [5.41, 5.74) is 1.81. The van der Waals surface area contributed by atoms with Crippen molar-refractivity contribution < 1.29 is 5.11 Å². The van der Waals surface area contributed by atoms with Crippen molar-refractivity contribution in [1.82, 2.24) is 4.98 Å². The average molecular weight is 360 g/mol. The van der Waals surface area contributed by atoms with Crippen LogP contribution in [0.4, 0.5) is 0 Å². The van der Waals surface area contributed by atoms with Crippen molar-refractivity contribution in [2.24, 2.45) is 0 Å². The van der Waals surface area contributed by atoms with Gasteiger partial charge in [0.2, 0.25) is 0 Å². The summed E-state index contributed by atoms with van der Waals surface area (Å²) < 4.78 is 1.18. The zero-order valence-corrected chi connectivity index (χ0v) is 11.9. The summed E-state index contributed by atoms with van der Waals surface area (Å²) in [6, 6.07) is 9.83. The molecule has 17 heavy (non-hydrogen) atoms. The Labute approximate surface area is 119 Å². The number of hydrogen-bond acceptors (Lipinski definition) is 2. The second-order valence-corrected chi connectivity index (χ2v) is 5.40. The van der Waals surface area contributed by atoms with E-state index in [1.165, 1.54) is 3.57 Å². The average Bonchev–Trinajstić information content (AvgIpc) is 2.32. The van der Waals surface area contributed by atoms with Gasteiger partial charge in [-0.3, -0.25) is 4.98 Å². The molecule has 0 radical (unpaired) electrons. The fourth-order valence-corrected chi connectivity index (χ4v) is 2.21. The van der Waals surface area contributed by atoms with Gasteiger partial charge in [-0.1, -0.05) is 23.7 Å². The Morgan fingerprint density at radius 2 is 1.94 bits per heavy atom. The van der Waals surface area contributed by atoms with Gasteiger partial charge in [-0.2, -0.15) is 0 Å². The number of hydrogen-bond donors (Lipinski definition) is 1. The first-order chi connectivity index (χ1) is 8.16. The zero-order chi connectivity index (χ0) is 12.3. The molecule has 0 aliphatic rings. The molecule has 2 rings (SSSR count). The van der Waals surface area contributed by atoms with Gasteiger partial charge in [0, 0.05) is 27.9 Å². The molecule has 4 heteroatoms. The van der Waals surface area contributed by atoms with Gasteiger partial charge in [-0.25, -0.2) is 0 Å². The van der Waals surface area contributed by atoms with Crippen molar-refractivity contribution in [3.63, 3.8) is 0 Å². The maximum Gasteiger partial charge on any atom is 0.0845 e. The molecule has 0 saturated heterocycles. The summed E-state index contributed by atoms with van der Waals surface area (Å²) in [4.78, 5) is 3.90. The lowest BCUT2D eigenvalue weighted by Gasteiger charge is -2.12. The van der Waals surface area contributed by atoms with E-state index >= 15 is 0 Å². The van der Waals surface area contributed by atoms with E-state index in [0.717, 1.165) is 11.1 Å². The van der Waals surface area contributed by atoms with Crippen LogP contribution in [0.25, 0.3) is 0 Å². The Balaban J connectivity index is 2.14. The third-order valence-corrected chi connectivity index (χ3v) is 3.54. The Kier molecular flexibility index (Phi) is 4.36. The third kappa shape index (κ3) is 3.40. The molecule has 0 spiro atoms. The molecular formula is C13H11ClINO. The Hall–Kier alpha value is -0.650. The number of aliphatic hydroxyl groups excluding tert-OH is 1. The first-order valence-electron chi connectivity index (χ1n) is 5.19. The SMILES string of the molecule is OC(Cc1ccc(I)cc1)c1ccncc1Cl. The number of halogens is 2. The molecule has 1 unspecified atom stereocenters. The lowest BCUT2D eigenvalue weighted by molar-refractivity contribution is 0.178. The van der Waals surface area contributed by atoms with Crippen molar-refractivity contribution in [1.29, 1.82) is 0 Å². The van der Waals surface area contributed by atoms with Crippen molar-refractivity contribution in [3.8, 4) is 0 Å². The standard InChI is InChI=1S/C13H11ClINO/c14-12-8-16-6-5-11(12)13(17)7-9-1-3-10(15)4-2-9/h1-6,8,13,17H,7H2. The quantitative estimate of drug-likeness (QED) is 0.849. The molecule has 0 amide bonds. The highest BCUT2D eigenvalue weighted by Crippen LogP contribution is 2.24. The Morgan fingerprint density at radius 3 is 2.59 bits per heavy atom. The van der Waals surface area contributed by atoms with Crippen LogP contribution in [0.5, 0.6) is 0 Å². The van der Waals surface area contributed by atoms with Gasteiger partial charge >= 0.3 is 0 Å². The van der Waals surface area contributed by atoms with Crippen LogP contribution in [0.2, 0.25) is 5.02 Å². The van der Waals surface area contributed by atoms with E-state index in [2.05, 4.69) is 27.6 Å². The highest BCUT2D eigenvalue weighted by atomic mass is 127. The second kappa shape index (κ2) is 5.80. The van der Waals surface area contributed by atoms with Gasteiger partial charge in [0.05, 0.1) is 11.1 Å². The minimum absolute atomic E-state index is 0.505. The number of aromatic nitrogens is 1. The van der Waals surface area contributed by atoms with Crippen molar-refractivity contribution in [2.45, 2.75) is 12.5 Å². The van der Waals surface area contributed by atoms with Gasteiger partial charge in [0.25, 0.3) is 0 Å². The zero-order valence-electron chi connectivity index (χ0n) is 8.98. The number of nitrogens with zero attached hydrogens (tertiary/aromatic N) is 1. The number of pyridine rings is 1. The van der Waals surface area contributed by atoms with Crippen LogP contribution in [0, 0.1) is 3.57 Å². The predicted molar refractivity (Wildman–Crippen MR) is 77.1 cm³/mol. The van der Waals surface area contributed by atoms with E-state index in [1.807, 2.05) is 24.3 Å². The van der Waals surface area contributed by atoms with Crippen LogP contribution in [-0.4, -0.2) is 10.1 Å². The number of aliphatic hydroxyl groups is 1. The number of rotatable bonds is 3. The van der Waals surface area contributed by atoms with E-state index in [-0.39, 0.29) is 0 Å². The highest BCUT2D eigenvalue weighted by Gasteiger charge is 2.11. The summed E-state index contributed by atoms with van der Waals surface area (Å²) in [7, 11) is 0. The van der Waals surface area contributed by atoms with Crippen LogP contribution < -0.4 is 0 Å². The topological polar surface area (TPSA) is 33.1 Å². The van der Waals surface area contributed by atoms with Crippen LogP contribution in [0.1, 0.15) is 17.2 Å². The maximum absolute atomic E-state index is 10.1. The van der Waals surface area contributed by atoms with Gasteiger partial charge < -0.3 is 5.11 Å². The van der Waals surface area contributed by atoms with Crippen LogP contribution in [-0.2, 0) is 6.42 Å². The molecule has 1 heterocycles. The third-order valence-electron chi connectivity index (χ3n) is 2.51. The first kappa shape index (κ1) is 12.8. The maximum atomic E-state index is 10.1. The van der Waals surface area contributed by atoms with Gasteiger partial charge in [0.15, 0.2) is 0 Å². The molecule has 0 bridgehead atoms. The van der Waals surface area contributed by atoms with Crippen molar-refractivity contribution >= 4 is 34.2 Å². The van der Waals surface area contributed by atoms with E-state index in [4.69, 9.17) is 11.6 Å². The summed E-state index contributed by atoms with van der Waals surface area (Å²) in [5, 5.41) is 10.6. The van der Waals surface area contributed by atoms with E-state index in [1.54, 1.807) is 18.5 Å². The fourth-order valence-electron chi connectivity index (χ4n) is 1.61. The van der Waals surface area contributed by atoms with E-state index < -0.39 is 6.10 Å². The van der Waals surface area contributed by atoms with Gasteiger partial charge in [0.1, 0.15) is 0 Å². The summed E-state index contributed by atoms with van der Waals surface area (Å²) in [6.45, 7) is 0. The molecule has 0 saturated carbocycles. The Bertz CT molecular complexity index is 501. The van der Waals surface area contributed by atoms with E-state index in [0.29, 0.717) is 11.4 Å². The van der Waals surface area contributed by atoms with E-state index in [9.17, 15) is 5.11 Å². The number of benzene rings is 1. The smallest absolute Gasteiger partial charge is 0.0845 e. The first-order valence-corrected chi connectivity index (χ1v) is 6.64.